The molecule has 2 N–H and O–H groups in total. The van der Waals surface area contributed by atoms with Gasteiger partial charge in [-0.15, -0.1) is 0 Å². The van der Waals surface area contributed by atoms with E-state index in [1.54, 1.807) is 6.21 Å². The van der Waals surface area contributed by atoms with Crippen molar-refractivity contribution in [1.29, 1.82) is 0 Å². The fraction of sp³-hybridized carbons (Fsp3) is 0.417. The Kier molecular flexibility index (Phi) is 10.2. The zero-order valence-corrected chi connectivity index (χ0v) is 14.9. The van der Waals surface area contributed by atoms with Gasteiger partial charge in [-0.1, -0.05) is 6.07 Å². The minimum absolute atomic E-state index is 0.0683. The number of aromatic nitrogens is 1. The number of hydrazone groups is 1. The maximum atomic E-state index is 5.09. The van der Waals surface area contributed by atoms with Crippen molar-refractivity contribution in [3.05, 3.63) is 29.6 Å². The van der Waals surface area contributed by atoms with Gasteiger partial charge in [0.25, 0.3) is 0 Å². The van der Waals surface area contributed by atoms with Gasteiger partial charge in [0.05, 0.1) is 11.9 Å². The molecule has 1 aromatic rings. The molecule has 0 amide bonds. The van der Waals surface area contributed by atoms with E-state index in [1.807, 2.05) is 45.9 Å². The van der Waals surface area contributed by atoms with E-state index in [0.717, 1.165) is 24.5 Å². The van der Waals surface area contributed by atoms with Crippen molar-refractivity contribution in [3.8, 4) is 0 Å². The number of nitrogens with zero attached hydrogens (tertiary/aromatic N) is 2. The molecule has 0 aliphatic carbocycles. The molecule has 117 valence electrons. The Labute approximate surface area is 140 Å². The molecular weight excluding hydrogens is 367 g/mol. The van der Waals surface area contributed by atoms with Crippen LogP contribution in [0.5, 0.6) is 0 Å². The molecule has 1 heterocycles. The molecule has 0 atom stereocenters. The van der Waals surface area contributed by atoms with Gasteiger partial charge in [-0.2, -0.15) is 5.10 Å². The number of nitrogens with one attached hydrogen (secondary N) is 2. The second-order valence-corrected chi connectivity index (χ2v) is 6.78. The first-order valence-electron chi connectivity index (χ1n) is 5.64. The topological polar surface area (TPSA) is 49.3 Å². The van der Waals surface area contributed by atoms with Crippen molar-refractivity contribution in [2.45, 2.75) is 33.2 Å². The first-order valence-corrected chi connectivity index (χ1v) is 8.64. The van der Waals surface area contributed by atoms with Crippen LogP contribution in [-0.4, -0.2) is 21.8 Å². The summed E-state index contributed by atoms with van der Waals surface area (Å²) in [4.78, 5) is 4.29. The Morgan fingerprint density at radius 2 is 2.00 bits per heavy atom. The molecular formula is C12H18Cl2CuN4S. The molecule has 0 fully saturated rings. The van der Waals surface area contributed by atoms with Gasteiger partial charge in [0.15, 0.2) is 5.11 Å². The van der Waals surface area contributed by atoms with Crippen LogP contribution in [0.1, 0.15) is 32.2 Å². The summed E-state index contributed by atoms with van der Waals surface area (Å²) in [5.41, 5.74) is 4.45. The average molecular weight is 385 g/mol. The molecule has 8 heteroatoms. The second kappa shape index (κ2) is 10.4. The van der Waals surface area contributed by atoms with E-state index >= 15 is 0 Å². The Balaban J connectivity index is 0.00000110. The first-order chi connectivity index (χ1) is 9.28. The quantitative estimate of drug-likeness (QED) is 0.355. The molecule has 0 radical (unpaired) electrons. The van der Waals surface area contributed by atoms with E-state index in [1.165, 1.54) is 0 Å². The molecule has 0 saturated heterocycles. The Morgan fingerprint density at radius 3 is 2.50 bits per heavy atom. The van der Waals surface area contributed by atoms with Crippen molar-refractivity contribution >= 4 is 43.7 Å². The summed E-state index contributed by atoms with van der Waals surface area (Å²) in [6.45, 7) is 8.04. The van der Waals surface area contributed by atoms with E-state index in [2.05, 4.69) is 41.0 Å². The van der Waals surface area contributed by atoms with Crippen LogP contribution in [0.15, 0.2) is 23.3 Å². The number of hydrogen-bond donors (Lipinski definition) is 2. The van der Waals surface area contributed by atoms with Gasteiger partial charge < -0.3 is 5.32 Å². The van der Waals surface area contributed by atoms with Crippen LogP contribution in [0, 0.1) is 6.92 Å². The van der Waals surface area contributed by atoms with Crippen LogP contribution in [0.2, 0.25) is 0 Å². The van der Waals surface area contributed by atoms with E-state index in [-0.39, 0.29) is 5.54 Å². The van der Waals surface area contributed by atoms with E-state index in [4.69, 9.17) is 12.2 Å². The van der Waals surface area contributed by atoms with E-state index in [9.17, 15) is 0 Å². The molecule has 0 aliphatic rings. The maximum absolute atomic E-state index is 5.09. The van der Waals surface area contributed by atoms with Crippen molar-refractivity contribution in [3.63, 3.8) is 0 Å². The van der Waals surface area contributed by atoms with Crippen LogP contribution in [-0.2, 0) is 13.1 Å². The van der Waals surface area contributed by atoms with Gasteiger partial charge in [-0.3, -0.25) is 10.4 Å². The number of halogens is 2. The molecule has 0 aliphatic heterocycles. The van der Waals surface area contributed by atoms with Crippen LogP contribution >= 0.6 is 32.4 Å². The van der Waals surface area contributed by atoms with Crippen LogP contribution in [0.3, 0.4) is 0 Å². The summed E-state index contributed by atoms with van der Waals surface area (Å²) in [6, 6.07) is 5.77. The van der Waals surface area contributed by atoms with Gasteiger partial charge in [0.2, 0.25) is 0 Å². The van der Waals surface area contributed by atoms with Gasteiger partial charge in [-0.25, -0.2) is 0 Å². The monoisotopic (exact) mass is 383 g/mol. The molecule has 20 heavy (non-hydrogen) atoms. The first kappa shape index (κ1) is 19.6. The molecule has 1 aromatic heterocycles. The van der Waals surface area contributed by atoms with Crippen LogP contribution in [0.4, 0.5) is 0 Å². The predicted molar refractivity (Wildman–Crippen MR) is 86.9 cm³/mol. The number of pyridine rings is 1. The van der Waals surface area contributed by atoms with Gasteiger partial charge in [0, 0.05) is 11.2 Å². The summed E-state index contributed by atoms with van der Waals surface area (Å²) in [5, 5.41) is 7.63. The zero-order valence-electron chi connectivity index (χ0n) is 11.7. The van der Waals surface area contributed by atoms with Crippen molar-refractivity contribution in [1.82, 2.24) is 15.7 Å². The Bertz CT molecular complexity index is 449. The summed E-state index contributed by atoms with van der Waals surface area (Å²) in [6.07, 6.45) is 1.64. The zero-order chi connectivity index (χ0) is 15.6. The second-order valence-electron chi connectivity index (χ2n) is 4.82. The van der Waals surface area contributed by atoms with Crippen molar-refractivity contribution in [2.24, 2.45) is 5.10 Å². The molecule has 0 unspecified atom stereocenters. The average Bonchev–Trinajstić information content (AvgIpc) is 2.27. The molecule has 0 aromatic carbocycles. The van der Waals surface area contributed by atoms with E-state index < -0.39 is 0 Å². The van der Waals surface area contributed by atoms with E-state index in [0.29, 0.717) is 5.11 Å². The summed E-state index contributed by atoms with van der Waals surface area (Å²) >= 11 is 5.84. The van der Waals surface area contributed by atoms with Crippen molar-refractivity contribution < 1.29 is 13.1 Å². The minimum atomic E-state index is -0.0683. The fourth-order valence-electron chi connectivity index (χ4n) is 1.16. The third-order valence-corrected chi connectivity index (χ3v) is 1.95. The predicted octanol–water partition coefficient (Wildman–Crippen LogP) is 3.36. The SMILES string of the molecule is Cc1cccc(/C=N/NC(=S)NC(C)(C)C)n1.[Cl][Cu][Cl]. The third kappa shape index (κ3) is 11.4. The van der Waals surface area contributed by atoms with Gasteiger partial charge in [-0.05, 0) is 52.0 Å². The summed E-state index contributed by atoms with van der Waals surface area (Å²) < 4.78 is 0. The van der Waals surface area contributed by atoms with Crippen molar-refractivity contribution in [2.75, 3.05) is 0 Å². The number of rotatable bonds is 2. The molecule has 1 rings (SSSR count). The summed E-state index contributed by atoms with van der Waals surface area (Å²) in [5.74, 6) is 0. The fourth-order valence-corrected chi connectivity index (χ4v) is 1.52. The standard InChI is InChI=1S/C12H18N4S.2ClH.Cu/c1-9-6-5-7-10(14-9)8-13-16-11(17)15-12(2,3)4;;;/h5-8H,1-4H3,(H2,15,16,17);2*1H;/q;;;+2/p-2/b13-8+;;;. The number of thiocarbonyl (C=S) groups is 1. The molecule has 0 saturated carbocycles. The Hall–Kier alpha value is -0.391. The Morgan fingerprint density at radius 1 is 1.40 bits per heavy atom. The third-order valence-electron chi connectivity index (χ3n) is 1.76. The van der Waals surface area contributed by atoms with Gasteiger partial charge >= 0.3 is 33.3 Å². The number of aryl methyl sites for hydroxylation is 1. The molecule has 0 spiro atoms. The van der Waals surface area contributed by atoms with Crippen LogP contribution in [0.25, 0.3) is 0 Å². The van der Waals surface area contributed by atoms with Gasteiger partial charge in [0.1, 0.15) is 0 Å². The molecule has 0 bridgehead atoms. The summed E-state index contributed by atoms with van der Waals surface area (Å²) in [7, 11) is 9.34. The van der Waals surface area contributed by atoms with Crippen LogP contribution < -0.4 is 10.7 Å². The number of hydrogen-bond acceptors (Lipinski definition) is 3. The molecule has 4 nitrogen and oxygen atoms in total. The normalized spacial score (nSPS) is 10.9.